The number of hydrogen-bond donors (Lipinski definition) is 2. The normalized spacial score (nSPS) is 9.76. The van der Waals surface area contributed by atoms with Gasteiger partial charge >= 0.3 is 0 Å². The van der Waals surface area contributed by atoms with Crippen LogP contribution in [0, 0.1) is 18.3 Å². The van der Waals surface area contributed by atoms with Crippen molar-refractivity contribution >= 4 is 17.3 Å². The molecular formula is C16H16N4O. The van der Waals surface area contributed by atoms with Crippen LogP contribution in [-0.4, -0.2) is 17.4 Å². The molecule has 0 radical (unpaired) electrons. The minimum absolute atomic E-state index is 0.230. The minimum Gasteiger partial charge on any atom is -0.383 e. The molecule has 1 aromatic heterocycles. The highest BCUT2D eigenvalue weighted by Gasteiger charge is 2.12. The van der Waals surface area contributed by atoms with Crippen LogP contribution in [0.2, 0.25) is 0 Å². The summed E-state index contributed by atoms with van der Waals surface area (Å²) in [7, 11) is 0. The first kappa shape index (κ1) is 14.5. The van der Waals surface area contributed by atoms with Crippen molar-refractivity contribution in [2.75, 3.05) is 17.2 Å². The lowest BCUT2D eigenvalue weighted by molar-refractivity contribution is 0.102. The van der Waals surface area contributed by atoms with Gasteiger partial charge in [-0.2, -0.15) is 5.26 Å². The van der Waals surface area contributed by atoms with Gasteiger partial charge in [0.2, 0.25) is 0 Å². The summed E-state index contributed by atoms with van der Waals surface area (Å²) in [5, 5.41) is 14.9. The largest absolute Gasteiger partial charge is 0.383 e. The summed E-state index contributed by atoms with van der Waals surface area (Å²) in [5.74, 6) is -0.230. The molecule has 0 saturated carbocycles. The fourth-order valence-electron chi connectivity index (χ4n) is 1.94. The Balaban J connectivity index is 2.28. The number of nitriles is 1. The van der Waals surface area contributed by atoms with Crippen molar-refractivity contribution in [1.29, 1.82) is 5.26 Å². The molecule has 1 heterocycles. The zero-order chi connectivity index (χ0) is 15.2. The highest BCUT2D eigenvalue weighted by atomic mass is 16.1. The minimum atomic E-state index is -0.230. The first-order valence-corrected chi connectivity index (χ1v) is 6.65. The molecule has 1 amide bonds. The van der Waals surface area contributed by atoms with E-state index in [1.807, 2.05) is 19.9 Å². The lowest BCUT2D eigenvalue weighted by atomic mass is 10.1. The van der Waals surface area contributed by atoms with E-state index < -0.39 is 0 Å². The van der Waals surface area contributed by atoms with Crippen molar-refractivity contribution in [3.8, 4) is 6.07 Å². The number of carbonyl (C=O) groups excluding carboxylic acids is 1. The molecule has 106 valence electrons. The molecule has 2 N–H and O–H groups in total. The summed E-state index contributed by atoms with van der Waals surface area (Å²) in [6, 6.07) is 8.93. The van der Waals surface area contributed by atoms with Gasteiger partial charge in [-0.1, -0.05) is 6.07 Å². The van der Waals surface area contributed by atoms with Crippen LogP contribution in [0.25, 0.3) is 0 Å². The Kier molecular flexibility index (Phi) is 4.52. The molecule has 0 aliphatic heterocycles. The quantitative estimate of drug-likeness (QED) is 0.902. The van der Waals surface area contributed by atoms with E-state index in [0.29, 0.717) is 29.0 Å². The topological polar surface area (TPSA) is 77.8 Å². The first-order valence-electron chi connectivity index (χ1n) is 6.65. The maximum Gasteiger partial charge on any atom is 0.257 e. The second kappa shape index (κ2) is 6.53. The van der Waals surface area contributed by atoms with Crippen LogP contribution < -0.4 is 10.6 Å². The first-order chi connectivity index (χ1) is 10.2. The number of aryl methyl sites for hydroxylation is 1. The second-order valence-electron chi connectivity index (χ2n) is 4.55. The van der Waals surface area contributed by atoms with Crippen LogP contribution in [-0.2, 0) is 0 Å². The van der Waals surface area contributed by atoms with Gasteiger partial charge in [-0.15, -0.1) is 0 Å². The van der Waals surface area contributed by atoms with Gasteiger partial charge in [0.05, 0.1) is 29.1 Å². The van der Waals surface area contributed by atoms with Crippen molar-refractivity contribution in [2.45, 2.75) is 13.8 Å². The fraction of sp³-hybridized carbons (Fsp3) is 0.188. The Morgan fingerprint density at radius 3 is 2.86 bits per heavy atom. The molecule has 5 heteroatoms. The molecule has 0 fully saturated rings. The number of benzene rings is 1. The highest BCUT2D eigenvalue weighted by Crippen LogP contribution is 2.20. The Bertz CT molecular complexity index is 704. The van der Waals surface area contributed by atoms with E-state index in [9.17, 15) is 4.79 Å². The number of pyridine rings is 1. The van der Waals surface area contributed by atoms with Gasteiger partial charge in [0.1, 0.15) is 0 Å². The van der Waals surface area contributed by atoms with Gasteiger partial charge in [0, 0.05) is 18.4 Å². The molecule has 0 aliphatic rings. The summed E-state index contributed by atoms with van der Waals surface area (Å²) in [6.45, 7) is 4.54. The fourth-order valence-corrected chi connectivity index (χ4v) is 1.94. The molecule has 2 aromatic rings. The Morgan fingerprint density at radius 1 is 1.33 bits per heavy atom. The van der Waals surface area contributed by atoms with Crippen molar-refractivity contribution in [3.05, 3.63) is 53.3 Å². The summed E-state index contributed by atoms with van der Waals surface area (Å²) in [6.07, 6.45) is 3.20. The smallest absolute Gasteiger partial charge is 0.257 e. The van der Waals surface area contributed by atoms with E-state index in [1.54, 1.807) is 30.6 Å². The maximum atomic E-state index is 12.4. The number of carbonyl (C=O) groups is 1. The summed E-state index contributed by atoms with van der Waals surface area (Å²) < 4.78 is 0. The third kappa shape index (κ3) is 3.37. The summed E-state index contributed by atoms with van der Waals surface area (Å²) >= 11 is 0. The number of hydrogen-bond acceptors (Lipinski definition) is 4. The molecule has 0 saturated heterocycles. The van der Waals surface area contributed by atoms with Crippen molar-refractivity contribution < 1.29 is 4.79 Å². The van der Waals surface area contributed by atoms with E-state index in [4.69, 9.17) is 5.26 Å². The van der Waals surface area contributed by atoms with Crippen LogP contribution in [0.3, 0.4) is 0 Å². The number of amides is 1. The van der Waals surface area contributed by atoms with E-state index >= 15 is 0 Å². The predicted molar refractivity (Wildman–Crippen MR) is 82.2 cm³/mol. The lowest BCUT2D eigenvalue weighted by Gasteiger charge is -2.12. The lowest BCUT2D eigenvalue weighted by Crippen LogP contribution is -2.15. The van der Waals surface area contributed by atoms with E-state index in [0.717, 1.165) is 5.56 Å². The molecular weight excluding hydrogens is 264 g/mol. The van der Waals surface area contributed by atoms with E-state index in [1.165, 1.54) is 0 Å². The number of nitrogens with zero attached hydrogens (tertiary/aromatic N) is 2. The third-order valence-corrected chi connectivity index (χ3v) is 3.05. The standard InChI is InChI=1S/C16H16N4O/c1-3-19-15-10-18-7-6-13(15)16(21)20-14-8-12(9-17)5-4-11(14)2/h4-8,10,19H,3H2,1-2H3,(H,20,21). The zero-order valence-electron chi connectivity index (χ0n) is 12.0. The van der Waals surface area contributed by atoms with Crippen LogP contribution in [0.5, 0.6) is 0 Å². The van der Waals surface area contributed by atoms with Gasteiger partial charge in [0.15, 0.2) is 0 Å². The number of aromatic nitrogens is 1. The van der Waals surface area contributed by atoms with Crippen LogP contribution in [0.1, 0.15) is 28.4 Å². The van der Waals surface area contributed by atoms with Gasteiger partial charge in [-0.25, -0.2) is 0 Å². The summed E-state index contributed by atoms with van der Waals surface area (Å²) in [5.41, 5.74) is 3.26. The van der Waals surface area contributed by atoms with Crippen LogP contribution in [0.4, 0.5) is 11.4 Å². The van der Waals surface area contributed by atoms with Crippen molar-refractivity contribution in [3.63, 3.8) is 0 Å². The predicted octanol–water partition coefficient (Wildman–Crippen LogP) is 2.95. The number of nitrogens with one attached hydrogen (secondary N) is 2. The highest BCUT2D eigenvalue weighted by molar-refractivity contribution is 6.08. The summed E-state index contributed by atoms with van der Waals surface area (Å²) in [4.78, 5) is 16.4. The van der Waals surface area contributed by atoms with E-state index in [-0.39, 0.29) is 5.91 Å². The monoisotopic (exact) mass is 280 g/mol. The van der Waals surface area contributed by atoms with Crippen molar-refractivity contribution in [2.24, 2.45) is 0 Å². The Labute approximate surface area is 123 Å². The molecule has 0 atom stereocenters. The van der Waals surface area contributed by atoms with Crippen LogP contribution in [0.15, 0.2) is 36.7 Å². The molecule has 0 bridgehead atoms. The van der Waals surface area contributed by atoms with Gasteiger partial charge < -0.3 is 10.6 Å². The van der Waals surface area contributed by atoms with Gasteiger partial charge in [-0.05, 0) is 37.6 Å². The van der Waals surface area contributed by atoms with Crippen molar-refractivity contribution in [1.82, 2.24) is 4.98 Å². The average molecular weight is 280 g/mol. The molecule has 5 nitrogen and oxygen atoms in total. The van der Waals surface area contributed by atoms with Crippen LogP contribution >= 0.6 is 0 Å². The maximum absolute atomic E-state index is 12.4. The average Bonchev–Trinajstić information content (AvgIpc) is 2.50. The molecule has 2 rings (SSSR count). The third-order valence-electron chi connectivity index (χ3n) is 3.05. The van der Waals surface area contributed by atoms with Gasteiger partial charge in [-0.3, -0.25) is 9.78 Å². The Morgan fingerprint density at radius 2 is 2.14 bits per heavy atom. The molecule has 0 aliphatic carbocycles. The zero-order valence-corrected chi connectivity index (χ0v) is 12.0. The SMILES string of the molecule is CCNc1cnccc1C(=O)Nc1cc(C#N)ccc1C. The second-order valence-corrected chi connectivity index (χ2v) is 4.55. The van der Waals surface area contributed by atoms with Gasteiger partial charge in [0.25, 0.3) is 5.91 Å². The molecule has 21 heavy (non-hydrogen) atoms. The molecule has 0 unspecified atom stereocenters. The van der Waals surface area contributed by atoms with E-state index in [2.05, 4.69) is 21.7 Å². The Hall–Kier alpha value is -2.87. The number of anilines is 2. The number of rotatable bonds is 4. The molecule has 1 aromatic carbocycles. The molecule has 0 spiro atoms.